The molecule has 108 valence electrons. The molecule has 0 saturated heterocycles. The van der Waals surface area contributed by atoms with Crippen LogP contribution in [0.4, 0.5) is 5.69 Å². The van der Waals surface area contributed by atoms with Crippen LogP contribution in [0.5, 0.6) is 0 Å². The van der Waals surface area contributed by atoms with E-state index in [-0.39, 0.29) is 11.3 Å². The number of rotatable bonds is 4. The number of carbonyl (C=O) groups excluding carboxylic acids is 2. The molecule has 0 bridgehead atoms. The van der Waals surface area contributed by atoms with Crippen LogP contribution in [0, 0.1) is 17.0 Å². The first kappa shape index (κ1) is 16.1. The molecule has 20 heavy (non-hydrogen) atoms. The van der Waals surface area contributed by atoms with Gasteiger partial charge in [-0.15, -0.1) is 0 Å². The van der Waals surface area contributed by atoms with Crippen molar-refractivity contribution in [2.45, 2.75) is 12.8 Å². The van der Waals surface area contributed by atoms with Gasteiger partial charge in [0.15, 0.2) is 5.92 Å². The largest absolute Gasteiger partial charge is 0.468 e. The average Bonchev–Trinajstić information content (AvgIpc) is 2.41. The minimum atomic E-state index is -1.49. The van der Waals surface area contributed by atoms with E-state index < -0.39 is 22.8 Å². The second-order valence-corrected chi connectivity index (χ2v) is 4.75. The van der Waals surface area contributed by atoms with Crippen molar-refractivity contribution in [3.05, 3.63) is 37.8 Å². The van der Waals surface area contributed by atoms with Crippen molar-refractivity contribution in [3.63, 3.8) is 0 Å². The van der Waals surface area contributed by atoms with Crippen LogP contribution in [0.15, 0.2) is 16.6 Å². The van der Waals surface area contributed by atoms with Gasteiger partial charge in [0.1, 0.15) is 0 Å². The van der Waals surface area contributed by atoms with Crippen molar-refractivity contribution in [1.82, 2.24) is 0 Å². The maximum atomic E-state index is 11.7. The van der Waals surface area contributed by atoms with Gasteiger partial charge in [0.25, 0.3) is 5.69 Å². The lowest BCUT2D eigenvalue weighted by Gasteiger charge is -2.14. The number of nitrogens with zero attached hydrogens (tertiary/aromatic N) is 1. The van der Waals surface area contributed by atoms with E-state index in [1.165, 1.54) is 12.1 Å². The van der Waals surface area contributed by atoms with E-state index in [2.05, 4.69) is 25.4 Å². The van der Waals surface area contributed by atoms with Gasteiger partial charge in [-0.3, -0.25) is 19.7 Å². The van der Waals surface area contributed by atoms with E-state index in [4.69, 9.17) is 0 Å². The molecule has 0 atom stereocenters. The molecule has 0 aliphatic rings. The number of halogens is 1. The SMILES string of the molecule is COC(=O)C(C(=O)OC)c1cc(C)c(Br)cc1[N+](=O)[O-]. The molecular formula is C12H12BrNO6. The van der Waals surface area contributed by atoms with Crippen LogP contribution in [0.1, 0.15) is 17.0 Å². The summed E-state index contributed by atoms with van der Waals surface area (Å²) in [6.45, 7) is 1.68. The second kappa shape index (κ2) is 6.47. The first-order valence-corrected chi connectivity index (χ1v) is 6.22. The summed E-state index contributed by atoms with van der Waals surface area (Å²) < 4.78 is 9.54. The Morgan fingerprint density at radius 1 is 1.25 bits per heavy atom. The van der Waals surface area contributed by atoms with Gasteiger partial charge in [-0.1, -0.05) is 15.9 Å². The van der Waals surface area contributed by atoms with Crippen molar-refractivity contribution in [2.75, 3.05) is 14.2 Å². The summed E-state index contributed by atoms with van der Waals surface area (Å²) in [6, 6.07) is 2.63. The van der Waals surface area contributed by atoms with E-state index in [0.29, 0.717) is 10.0 Å². The van der Waals surface area contributed by atoms with Crippen molar-refractivity contribution in [3.8, 4) is 0 Å². The number of hydrogen-bond donors (Lipinski definition) is 0. The highest BCUT2D eigenvalue weighted by Gasteiger charge is 2.36. The molecule has 0 aromatic heterocycles. The molecule has 0 heterocycles. The second-order valence-electron chi connectivity index (χ2n) is 3.90. The van der Waals surface area contributed by atoms with Crippen LogP contribution in [0.25, 0.3) is 0 Å². The minimum Gasteiger partial charge on any atom is -0.468 e. The molecular weight excluding hydrogens is 334 g/mol. The van der Waals surface area contributed by atoms with E-state index in [1.54, 1.807) is 6.92 Å². The Balaban J connectivity index is 3.54. The number of esters is 2. The molecule has 1 aromatic rings. The van der Waals surface area contributed by atoms with Crippen LogP contribution in [-0.4, -0.2) is 31.1 Å². The number of hydrogen-bond acceptors (Lipinski definition) is 6. The molecule has 0 spiro atoms. The van der Waals surface area contributed by atoms with Crippen molar-refractivity contribution in [2.24, 2.45) is 0 Å². The molecule has 0 radical (unpaired) electrons. The molecule has 0 N–H and O–H groups in total. The number of aryl methyl sites for hydroxylation is 1. The predicted molar refractivity (Wildman–Crippen MR) is 72.3 cm³/mol. The van der Waals surface area contributed by atoms with Crippen molar-refractivity contribution in [1.29, 1.82) is 0 Å². The third-order valence-electron chi connectivity index (χ3n) is 2.69. The van der Waals surface area contributed by atoms with E-state index >= 15 is 0 Å². The highest BCUT2D eigenvalue weighted by molar-refractivity contribution is 9.10. The van der Waals surface area contributed by atoms with Crippen LogP contribution in [-0.2, 0) is 19.1 Å². The number of nitro benzene ring substituents is 1. The lowest BCUT2D eigenvalue weighted by molar-refractivity contribution is -0.385. The average molecular weight is 346 g/mol. The van der Waals surface area contributed by atoms with Gasteiger partial charge in [0, 0.05) is 10.5 Å². The number of benzene rings is 1. The lowest BCUT2D eigenvalue weighted by atomic mass is 9.95. The Hall–Kier alpha value is -1.96. The third kappa shape index (κ3) is 3.13. The van der Waals surface area contributed by atoms with E-state index in [1.807, 2.05) is 0 Å². The third-order valence-corrected chi connectivity index (χ3v) is 3.54. The summed E-state index contributed by atoms with van der Waals surface area (Å²) in [7, 11) is 2.19. The Kier molecular flexibility index (Phi) is 5.20. The summed E-state index contributed by atoms with van der Waals surface area (Å²) in [5, 5.41) is 11.1. The molecule has 8 heteroatoms. The van der Waals surface area contributed by atoms with Gasteiger partial charge >= 0.3 is 11.9 Å². The zero-order chi connectivity index (χ0) is 15.4. The summed E-state index contributed by atoms with van der Waals surface area (Å²) in [5.74, 6) is -3.32. The van der Waals surface area contributed by atoms with E-state index in [0.717, 1.165) is 14.2 Å². The maximum absolute atomic E-state index is 11.7. The fourth-order valence-electron chi connectivity index (χ4n) is 1.67. The number of ether oxygens (including phenoxy) is 2. The molecule has 0 saturated carbocycles. The normalized spacial score (nSPS) is 10.2. The maximum Gasteiger partial charge on any atom is 0.324 e. The number of methoxy groups -OCH3 is 2. The summed E-state index contributed by atoms with van der Waals surface area (Å²) in [4.78, 5) is 33.9. The Morgan fingerprint density at radius 2 is 1.75 bits per heavy atom. The van der Waals surface area contributed by atoms with Gasteiger partial charge in [-0.05, 0) is 18.6 Å². The van der Waals surface area contributed by atoms with Crippen LogP contribution < -0.4 is 0 Å². The zero-order valence-electron chi connectivity index (χ0n) is 11.0. The van der Waals surface area contributed by atoms with Gasteiger partial charge in [-0.2, -0.15) is 0 Å². The van der Waals surface area contributed by atoms with Gasteiger partial charge < -0.3 is 9.47 Å². The Labute approximate surface area is 123 Å². The van der Waals surface area contributed by atoms with Crippen LogP contribution >= 0.6 is 15.9 Å². The molecule has 0 amide bonds. The first-order valence-electron chi connectivity index (χ1n) is 5.43. The zero-order valence-corrected chi connectivity index (χ0v) is 12.6. The van der Waals surface area contributed by atoms with Crippen LogP contribution in [0.2, 0.25) is 0 Å². The molecule has 0 aliphatic heterocycles. The molecule has 0 aliphatic carbocycles. The quantitative estimate of drug-likeness (QED) is 0.359. The lowest BCUT2D eigenvalue weighted by Crippen LogP contribution is -2.25. The van der Waals surface area contributed by atoms with Crippen LogP contribution in [0.3, 0.4) is 0 Å². The van der Waals surface area contributed by atoms with E-state index in [9.17, 15) is 19.7 Å². The summed E-state index contributed by atoms with van der Waals surface area (Å²) in [5.41, 5.74) is 0.223. The highest BCUT2D eigenvalue weighted by atomic mass is 79.9. The first-order chi connectivity index (χ1) is 9.33. The van der Waals surface area contributed by atoms with Gasteiger partial charge in [0.05, 0.1) is 24.7 Å². The number of carbonyl (C=O) groups is 2. The standard InChI is InChI=1S/C12H12BrNO6/c1-6-4-7(9(14(17)18)5-8(6)13)10(11(15)19-2)12(16)20-3/h4-5,10H,1-3H3. The van der Waals surface area contributed by atoms with Gasteiger partial charge in [0.2, 0.25) is 0 Å². The number of nitro groups is 1. The fourth-order valence-corrected chi connectivity index (χ4v) is 2.00. The molecule has 0 fully saturated rings. The molecule has 1 aromatic carbocycles. The monoisotopic (exact) mass is 345 g/mol. The Morgan fingerprint density at radius 3 is 2.15 bits per heavy atom. The summed E-state index contributed by atoms with van der Waals surface area (Å²) >= 11 is 3.17. The smallest absolute Gasteiger partial charge is 0.324 e. The summed E-state index contributed by atoms with van der Waals surface area (Å²) in [6.07, 6.45) is 0. The fraction of sp³-hybridized carbons (Fsp3) is 0.333. The van der Waals surface area contributed by atoms with Crippen molar-refractivity contribution < 1.29 is 24.0 Å². The Bertz CT molecular complexity index is 555. The predicted octanol–water partition coefficient (Wildman–Crippen LogP) is 2.10. The molecule has 7 nitrogen and oxygen atoms in total. The minimum absolute atomic E-state index is 0.0607. The molecule has 1 rings (SSSR count). The van der Waals surface area contributed by atoms with Crippen molar-refractivity contribution >= 4 is 33.6 Å². The molecule has 0 unspecified atom stereocenters. The van der Waals surface area contributed by atoms with Gasteiger partial charge in [-0.25, -0.2) is 0 Å². The highest BCUT2D eigenvalue weighted by Crippen LogP contribution is 2.33. The topological polar surface area (TPSA) is 95.7 Å².